The number of halogens is 1. The van der Waals surface area contributed by atoms with Crippen molar-refractivity contribution in [2.75, 3.05) is 57.3 Å². The first-order valence-electron chi connectivity index (χ1n) is 8.35. The molecule has 0 radical (unpaired) electrons. The van der Waals surface area contributed by atoms with Crippen LogP contribution in [0.25, 0.3) is 0 Å². The Kier molecular flexibility index (Phi) is 5.13. The summed E-state index contributed by atoms with van der Waals surface area (Å²) in [6.07, 6.45) is 0. The fourth-order valence-corrected chi connectivity index (χ4v) is 3.28. The molecular weight excluding hydrogens is 295 g/mol. The van der Waals surface area contributed by atoms with Crippen LogP contribution in [-0.2, 0) is 11.3 Å². The van der Waals surface area contributed by atoms with Gasteiger partial charge in [-0.25, -0.2) is 4.39 Å². The second-order valence-corrected chi connectivity index (χ2v) is 6.31. The van der Waals surface area contributed by atoms with E-state index in [0.717, 1.165) is 64.5 Å². The van der Waals surface area contributed by atoms with Crippen LogP contribution in [0.1, 0.15) is 12.5 Å². The Morgan fingerprint density at radius 2 is 1.83 bits per heavy atom. The van der Waals surface area contributed by atoms with Gasteiger partial charge in [-0.05, 0) is 17.7 Å². The van der Waals surface area contributed by atoms with Crippen molar-refractivity contribution in [2.24, 2.45) is 0 Å². The zero-order valence-electron chi connectivity index (χ0n) is 13.7. The topological polar surface area (TPSA) is 38.8 Å². The van der Waals surface area contributed by atoms with Crippen molar-refractivity contribution in [3.05, 3.63) is 29.6 Å². The molecule has 0 aromatic heterocycles. The maximum atomic E-state index is 14.2. The highest BCUT2D eigenvalue weighted by Gasteiger charge is 2.20. The summed E-state index contributed by atoms with van der Waals surface area (Å²) in [5.41, 5.74) is 1.85. The van der Waals surface area contributed by atoms with Gasteiger partial charge in [-0.15, -0.1) is 0 Å². The molecule has 1 amide bonds. The Labute approximate surface area is 137 Å². The summed E-state index contributed by atoms with van der Waals surface area (Å²) >= 11 is 0. The van der Waals surface area contributed by atoms with Gasteiger partial charge in [0.1, 0.15) is 5.82 Å². The number of nitrogens with zero attached hydrogens (tertiary/aromatic N) is 3. The van der Waals surface area contributed by atoms with E-state index in [0.29, 0.717) is 5.69 Å². The van der Waals surface area contributed by atoms with E-state index in [-0.39, 0.29) is 11.7 Å². The minimum Gasteiger partial charge on any atom is -0.367 e. The zero-order chi connectivity index (χ0) is 16.2. The molecule has 6 heteroatoms. The average molecular weight is 320 g/mol. The van der Waals surface area contributed by atoms with E-state index in [1.54, 1.807) is 13.0 Å². The van der Waals surface area contributed by atoms with Crippen molar-refractivity contribution in [3.8, 4) is 0 Å². The van der Waals surface area contributed by atoms with Crippen LogP contribution in [0.5, 0.6) is 0 Å². The lowest BCUT2D eigenvalue weighted by molar-refractivity contribution is -0.130. The molecule has 5 nitrogen and oxygen atoms in total. The monoisotopic (exact) mass is 320 g/mol. The van der Waals surface area contributed by atoms with Crippen molar-refractivity contribution in [1.82, 2.24) is 15.1 Å². The van der Waals surface area contributed by atoms with Crippen molar-refractivity contribution < 1.29 is 9.18 Å². The molecule has 1 N–H and O–H groups in total. The molecule has 1 aromatic carbocycles. The van der Waals surface area contributed by atoms with Crippen LogP contribution in [-0.4, -0.2) is 68.1 Å². The normalized spacial score (nSPS) is 19.9. The van der Waals surface area contributed by atoms with Crippen LogP contribution in [0, 0.1) is 5.82 Å². The molecule has 2 aliphatic rings. The fourth-order valence-electron chi connectivity index (χ4n) is 3.28. The van der Waals surface area contributed by atoms with E-state index in [4.69, 9.17) is 0 Å². The summed E-state index contributed by atoms with van der Waals surface area (Å²) in [5, 5.41) is 3.29. The molecule has 126 valence electrons. The van der Waals surface area contributed by atoms with E-state index in [2.05, 4.69) is 15.1 Å². The molecular formula is C17H25FN4O. The highest BCUT2D eigenvalue weighted by molar-refractivity contribution is 5.73. The Morgan fingerprint density at radius 1 is 1.13 bits per heavy atom. The Hall–Kier alpha value is -1.66. The molecule has 0 saturated carbocycles. The molecule has 0 bridgehead atoms. The lowest BCUT2D eigenvalue weighted by Gasteiger charge is -2.34. The van der Waals surface area contributed by atoms with E-state index >= 15 is 0 Å². The number of hydrogen-bond donors (Lipinski definition) is 1. The highest BCUT2D eigenvalue weighted by atomic mass is 19.1. The molecule has 1 aromatic rings. The van der Waals surface area contributed by atoms with Gasteiger partial charge in [0, 0.05) is 65.8 Å². The van der Waals surface area contributed by atoms with Gasteiger partial charge in [0.25, 0.3) is 0 Å². The molecule has 0 atom stereocenters. The molecule has 2 saturated heterocycles. The van der Waals surface area contributed by atoms with E-state index < -0.39 is 0 Å². The number of hydrogen-bond acceptors (Lipinski definition) is 4. The third kappa shape index (κ3) is 4.00. The summed E-state index contributed by atoms with van der Waals surface area (Å²) in [5.74, 6) is 0.00414. The van der Waals surface area contributed by atoms with Gasteiger partial charge in [0.15, 0.2) is 0 Å². The average Bonchev–Trinajstić information content (AvgIpc) is 2.58. The second-order valence-electron chi connectivity index (χ2n) is 6.31. The SMILES string of the molecule is CC(=O)N1CCN(Cc2ccc(F)c(N3CCNCC3)c2)CC1. The number of carbonyl (C=O) groups is 1. The number of nitrogens with one attached hydrogen (secondary N) is 1. The smallest absolute Gasteiger partial charge is 0.219 e. The molecule has 23 heavy (non-hydrogen) atoms. The number of amides is 1. The molecule has 0 spiro atoms. The predicted molar refractivity (Wildman–Crippen MR) is 89.0 cm³/mol. The third-order valence-corrected chi connectivity index (χ3v) is 4.69. The summed E-state index contributed by atoms with van der Waals surface area (Å²) < 4.78 is 14.2. The van der Waals surface area contributed by atoms with Gasteiger partial charge < -0.3 is 15.1 Å². The third-order valence-electron chi connectivity index (χ3n) is 4.69. The largest absolute Gasteiger partial charge is 0.367 e. The number of rotatable bonds is 3. The Bertz CT molecular complexity index is 552. The first-order valence-corrected chi connectivity index (χ1v) is 8.35. The lowest BCUT2D eigenvalue weighted by Crippen LogP contribution is -2.47. The van der Waals surface area contributed by atoms with Crippen molar-refractivity contribution in [1.29, 1.82) is 0 Å². The number of benzene rings is 1. The fraction of sp³-hybridized carbons (Fsp3) is 0.588. The Morgan fingerprint density at radius 3 is 2.48 bits per heavy atom. The molecule has 0 unspecified atom stereocenters. The van der Waals surface area contributed by atoms with Crippen LogP contribution in [0.4, 0.5) is 10.1 Å². The molecule has 2 heterocycles. The number of carbonyl (C=O) groups excluding carboxylic acids is 1. The van der Waals surface area contributed by atoms with Crippen LogP contribution in [0.3, 0.4) is 0 Å². The van der Waals surface area contributed by atoms with Gasteiger partial charge in [0.05, 0.1) is 5.69 Å². The van der Waals surface area contributed by atoms with Crippen molar-refractivity contribution in [3.63, 3.8) is 0 Å². The highest BCUT2D eigenvalue weighted by Crippen LogP contribution is 2.22. The van der Waals surface area contributed by atoms with Gasteiger partial charge in [-0.3, -0.25) is 9.69 Å². The summed E-state index contributed by atoms with van der Waals surface area (Å²) in [4.78, 5) is 17.7. The van der Waals surface area contributed by atoms with Gasteiger partial charge in [-0.2, -0.15) is 0 Å². The van der Waals surface area contributed by atoms with Crippen molar-refractivity contribution in [2.45, 2.75) is 13.5 Å². The number of anilines is 1. The van der Waals surface area contributed by atoms with Crippen molar-refractivity contribution >= 4 is 11.6 Å². The van der Waals surface area contributed by atoms with Crippen LogP contribution < -0.4 is 10.2 Å². The minimum absolute atomic E-state index is 0.142. The first kappa shape index (κ1) is 16.2. The second kappa shape index (κ2) is 7.27. The van der Waals surface area contributed by atoms with E-state index in [9.17, 15) is 9.18 Å². The zero-order valence-corrected chi connectivity index (χ0v) is 13.7. The van der Waals surface area contributed by atoms with Gasteiger partial charge >= 0.3 is 0 Å². The molecule has 0 aliphatic carbocycles. The maximum absolute atomic E-state index is 14.2. The summed E-state index contributed by atoms with van der Waals surface area (Å²) in [7, 11) is 0. The minimum atomic E-state index is -0.142. The summed E-state index contributed by atoms with van der Waals surface area (Å²) in [6.45, 7) is 9.23. The predicted octanol–water partition coefficient (Wildman–Crippen LogP) is 0.899. The van der Waals surface area contributed by atoms with E-state index in [1.807, 2.05) is 17.0 Å². The molecule has 3 rings (SSSR count). The van der Waals surface area contributed by atoms with Crippen LogP contribution in [0.2, 0.25) is 0 Å². The molecule has 2 fully saturated rings. The standard InChI is InChI=1S/C17H25FN4O/c1-14(23)21-10-8-20(9-11-21)13-15-2-3-16(18)17(12-15)22-6-4-19-5-7-22/h2-3,12,19H,4-11,13H2,1H3. The quantitative estimate of drug-likeness (QED) is 0.898. The van der Waals surface area contributed by atoms with Gasteiger partial charge in [0.2, 0.25) is 5.91 Å². The summed E-state index contributed by atoms with van der Waals surface area (Å²) in [6, 6.07) is 5.44. The Balaban J connectivity index is 1.63. The van der Waals surface area contributed by atoms with Crippen LogP contribution >= 0.6 is 0 Å². The lowest BCUT2D eigenvalue weighted by atomic mass is 10.1. The first-order chi connectivity index (χ1) is 11.1. The molecule has 2 aliphatic heterocycles. The van der Waals surface area contributed by atoms with Crippen LogP contribution in [0.15, 0.2) is 18.2 Å². The number of piperazine rings is 2. The van der Waals surface area contributed by atoms with E-state index in [1.165, 1.54) is 0 Å². The van der Waals surface area contributed by atoms with Gasteiger partial charge in [-0.1, -0.05) is 6.07 Å². The maximum Gasteiger partial charge on any atom is 0.219 e.